The highest BCUT2D eigenvalue weighted by molar-refractivity contribution is 5.91. The molecule has 0 bridgehead atoms. The molecular formula is C16H23NO4. The fraction of sp³-hybridized carbons (Fsp3) is 0.438. The fourth-order valence-electron chi connectivity index (χ4n) is 1.63. The second kappa shape index (κ2) is 8.44. The van der Waals surface area contributed by atoms with Crippen LogP contribution in [-0.2, 0) is 9.53 Å². The molecule has 1 atom stereocenters. The van der Waals surface area contributed by atoms with Crippen LogP contribution in [0.25, 0.3) is 6.08 Å². The van der Waals surface area contributed by atoms with Gasteiger partial charge in [-0.2, -0.15) is 0 Å². The molecule has 0 aliphatic rings. The zero-order valence-corrected chi connectivity index (χ0v) is 12.8. The Labute approximate surface area is 125 Å². The van der Waals surface area contributed by atoms with Crippen LogP contribution >= 0.6 is 0 Å². The van der Waals surface area contributed by atoms with Crippen LogP contribution in [0.4, 0.5) is 0 Å². The number of nitrogens with one attached hydrogen (secondary N) is 1. The molecule has 0 heterocycles. The molecule has 5 heteroatoms. The van der Waals surface area contributed by atoms with Crippen molar-refractivity contribution in [1.29, 1.82) is 0 Å². The van der Waals surface area contributed by atoms with Crippen LogP contribution in [0.2, 0.25) is 0 Å². The van der Waals surface area contributed by atoms with Gasteiger partial charge in [-0.25, -0.2) is 0 Å². The van der Waals surface area contributed by atoms with Gasteiger partial charge in [0.25, 0.3) is 0 Å². The van der Waals surface area contributed by atoms with E-state index >= 15 is 0 Å². The number of hydrogen-bond donors (Lipinski definition) is 2. The van der Waals surface area contributed by atoms with Crippen LogP contribution in [0.1, 0.15) is 18.9 Å². The van der Waals surface area contributed by atoms with Crippen molar-refractivity contribution >= 4 is 12.0 Å². The molecule has 1 aromatic carbocycles. The molecule has 2 N–H and O–H groups in total. The third-order valence-electron chi connectivity index (χ3n) is 3.03. The van der Waals surface area contributed by atoms with Crippen molar-refractivity contribution < 1.29 is 19.4 Å². The van der Waals surface area contributed by atoms with E-state index in [4.69, 9.17) is 9.47 Å². The summed E-state index contributed by atoms with van der Waals surface area (Å²) in [6, 6.07) is 7.37. The molecule has 1 aromatic rings. The molecular weight excluding hydrogens is 270 g/mol. The van der Waals surface area contributed by atoms with Gasteiger partial charge >= 0.3 is 0 Å². The number of amides is 1. The van der Waals surface area contributed by atoms with Gasteiger partial charge in [-0.1, -0.05) is 12.1 Å². The quantitative estimate of drug-likeness (QED) is 0.715. The summed E-state index contributed by atoms with van der Waals surface area (Å²) in [5, 5.41) is 12.7. The average Bonchev–Trinajstić information content (AvgIpc) is 2.49. The van der Waals surface area contributed by atoms with Gasteiger partial charge in [0.1, 0.15) is 5.75 Å². The molecule has 1 amide bonds. The third kappa shape index (κ3) is 6.92. The van der Waals surface area contributed by atoms with Crippen LogP contribution in [-0.4, -0.2) is 44.0 Å². The van der Waals surface area contributed by atoms with Gasteiger partial charge in [0.15, 0.2) is 0 Å². The normalized spacial score (nSPS) is 13.9. The van der Waals surface area contributed by atoms with E-state index in [0.29, 0.717) is 13.0 Å². The molecule has 1 rings (SSSR count). The van der Waals surface area contributed by atoms with E-state index in [-0.39, 0.29) is 12.5 Å². The van der Waals surface area contributed by atoms with E-state index in [1.165, 1.54) is 6.08 Å². The molecule has 0 aromatic heterocycles. The number of rotatable bonds is 8. The number of hydrogen-bond acceptors (Lipinski definition) is 4. The minimum atomic E-state index is -0.973. The van der Waals surface area contributed by atoms with Crippen molar-refractivity contribution in [3.63, 3.8) is 0 Å². The lowest BCUT2D eigenvalue weighted by Crippen LogP contribution is -2.40. The highest BCUT2D eigenvalue weighted by Crippen LogP contribution is 2.12. The van der Waals surface area contributed by atoms with Crippen LogP contribution in [0.15, 0.2) is 30.3 Å². The van der Waals surface area contributed by atoms with Crippen LogP contribution in [0.5, 0.6) is 5.75 Å². The van der Waals surface area contributed by atoms with E-state index in [0.717, 1.165) is 11.3 Å². The van der Waals surface area contributed by atoms with Crippen molar-refractivity contribution in [2.24, 2.45) is 0 Å². The van der Waals surface area contributed by atoms with Crippen molar-refractivity contribution in [3.8, 4) is 5.75 Å². The topological polar surface area (TPSA) is 67.8 Å². The molecule has 1 unspecified atom stereocenters. The summed E-state index contributed by atoms with van der Waals surface area (Å²) in [6.07, 6.45) is 3.61. The Morgan fingerprint density at radius 1 is 1.33 bits per heavy atom. The monoisotopic (exact) mass is 293 g/mol. The van der Waals surface area contributed by atoms with E-state index in [1.807, 2.05) is 24.3 Å². The van der Waals surface area contributed by atoms with Gasteiger partial charge in [-0.3, -0.25) is 4.79 Å². The predicted molar refractivity (Wildman–Crippen MR) is 82.2 cm³/mol. The van der Waals surface area contributed by atoms with Crippen LogP contribution in [0, 0.1) is 0 Å². The Morgan fingerprint density at radius 2 is 2.00 bits per heavy atom. The maximum absolute atomic E-state index is 11.7. The molecule has 0 aliphatic carbocycles. The van der Waals surface area contributed by atoms with Crippen molar-refractivity contribution in [1.82, 2.24) is 5.32 Å². The first-order chi connectivity index (χ1) is 9.96. The van der Waals surface area contributed by atoms with Gasteiger partial charge in [-0.15, -0.1) is 0 Å². The second-order valence-corrected chi connectivity index (χ2v) is 5.06. The van der Waals surface area contributed by atoms with Crippen molar-refractivity contribution in [2.45, 2.75) is 18.9 Å². The number of benzene rings is 1. The minimum absolute atomic E-state index is 0.183. The highest BCUT2D eigenvalue weighted by Gasteiger charge is 2.20. The van der Waals surface area contributed by atoms with Gasteiger partial charge in [0.2, 0.25) is 5.91 Å². The zero-order chi connectivity index (χ0) is 15.7. The number of carbonyl (C=O) groups is 1. The third-order valence-corrected chi connectivity index (χ3v) is 3.03. The summed E-state index contributed by atoms with van der Waals surface area (Å²) >= 11 is 0. The first kappa shape index (κ1) is 17.2. The Hall–Kier alpha value is -1.85. The molecule has 0 spiro atoms. The standard InChI is InChI=1S/C16H23NO4/c1-16(19,10-11-20-2)12-17-15(18)9-6-13-4-7-14(21-3)8-5-13/h4-9,19H,10-12H2,1-3H3,(H,17,18)/b9-6+. The Balaban J connectivity index is 2.43. The largest absolute Gasteiger partial charge is 0.497 e. The Morgan fingerprint density at radius 3 is 2.57 bits per heavy atom. The van der Waals surface area contributed by atoms with Gasteiger partial charge in [0, 0.05) is 32.8 Å². The summed E-state index contributed by atoms with van der Waals surface area (Å²) in [7, 11) is 3.18. The summed E-state index contributed by atoms with van der Waals surface area (Å²) in [6.45, 7) is 2.30. The predicted octanol–water partition coefficient (Wildman–Crippen LogP) is 1.61. The summed E-state index contributed by atoms with van der Waals surface area (Å²) in [5.74, 6) is 0.523. The van der Waals surface area contributed by atoms with Gasteiger partial charge < -0.3 is 19.9 Å². The van der Waals surface area contributed by atoms with Crippen molar-refractivity contribution in [3.05, 3.63) is 35.9 Å². The lowest BCUT2D eigenvalue weighted by atomic mass is 10.0. The lowest BCUT2D eigenvalue weighted by molar-refractivity contribution is -0.117. The zero-order valence-electron chi connectivity index (χ0n) is 12.8. The maximum atomic E-state index is 11.7. The fourth-order valence-corrected chi connectivity index (χ4v) is 1.63. The first-order valence-corrected chi connectivity index (χ1v) is 6.78. The Bertz CT molecular complexity index is 466. The molecule has 5 nitrogen and oxygen atoms in total. The summed E-state index contributed by atoms with van der Waals surface area (Å²) in [4.78, 5) is 11.7. The Kier molecular flexibility index (Phi) is 6.91. The van der Waals surface area contributed by atoms with Crippen LogP contribution in [0.3, 0.4) is 0 Å². The molecule has 116 valence electrons. The lowest BCUT2D eigenvalue weighted by Gasteiger charge is -2.22. The summed E-state index contributed by atoms with van der Waals surface area (Å²) in [5.41, 5.74) is -0.0725. The molecule has 0 aliphatic heterocycles. The van der Waals surface area contributed by atoms with Crippen molar-refractivity contribution in [2.75, 3.05) is 27.4 Å². The van der Waals surface area contributed by atoms with E-state index in [2.05, 4.69) is 5.32 Å². The molecule has 0 radical (unpaired) electrons. The minimum Gasteiger partial charge on any atom is -0.497 e. The van der Waals surface area contributed by atoms with E-state index < -0.39 is 5.60 Å². The number of carbonyl (C=O) groups excluding carboxylic acids is 1. The van der Waals surface area contributed by atoms with Gasteiger partial charge in [-0.05, 0) is 30.7 Å². The maximum Gasteiger partial charge on any atom is 0.244 e. The smallest absolute Gasteiger partial charge is 0.244 e. The van der Waals surface area contributed by atoms with Gasteiger partial charge in [0.05, 0.1) is 12.7 Å². The van der Waals surface area contributed by atoms with E-state index in [9.17, 15) is 9.90 Å². The molecule has 0 saturated heterocycles. The summed E-state index contributed by atoms with van der Waals surface area (Å²) < 4.78 is 9.97. The molecule has 0 fully saturated rings. The molecule has 0 saturated carbocycles. The number of methoxy groups -OCH3 is 2. The number of aliphatic hydroxyl groups is 1. The first-order valence-electron chi connectivity index (χ1n) is 6.78. The average molecular weight is 293 g/mol. The van der Waals surface area contributed by atoms with E-state index in [1.54, 1.807) is 27.2 Å². The SMILES string of the molecule is COCCC(C)(O)CNC(=O)/C=C/c1ccc(OC)cc1. The highest BCUT2D eigenvalue weighted by atomic mass is 16.5. The molecule has 21 heavy (non-hydrogen) atoms. The number of ether oxygens (including phenoxy) is 2. The second-order valence-electron chi connectivity index (χ2n) is 5.06. The van der Waals surface area contributed by atoms with Crippen LogP contribution < -0.4 is 10.1 Å².